The van der Waals surface area contributed by atoms with Gasteiger partial charge in [-0.2, -0.15) is 0 Å². The molecule has 1 atom stereocenters. The molecule has 0 saturated carbocycles. The van der Waals surface area contributed by atoms with Crippen molar-refractivity contribution in [2.45, 2.75) is 31.3 Å². The van der Waals surface area contributed by atoms with Gasteiger partial charge in [-0.1, -0.05) is 23.7 Å². The number of hydrogen-bond acceptors (Lipinski definition) is 5. The number of benzene rings is 1. The predicted octanol–water partition coefficient (Wildman–Crippen LogP) is 1.08. The molecule has 1 aromatic carbocycles. The number of sulfonamides is 1. The fraction of sp³-hybridized carbons (Fsp3) is 0.429. The molecule has 1 aromatic rings. The van der Waals surface area contributed by atoms with Crippen LogP contribution in [0.5, 0.6) is 0 Å². The normalized spacial score (nSPS) is 12.5. The average molecular weight is 363 g/mol. The maximum Gasteiger partial charge on any atom is 0.307 e. The van der Waals surface area contributed by atoms with E-state index in [1.165, 1.54) is 19.1 Å². The van der Waals surface area contributed by atoms with Gasteiger partial charge in [0, 0.05) is 13.1 Å². The van der Waals surface area contributed by atoms with E-state index in [1.807, 2.05) is 0 Å². The summed E-state index contributed by atoms with van der Waals surface area (Å²) in [5.41, 5.74) is 0. The molecule has 0 spiro atoms. The second-order valence-corrected chi connectivity index (χ2v) is 6.75. The lowest BCUT2D eigenvalue weighted by Gasteiger charge is -2.13. The van der Waals surface area contributed by atoms with Gasteiger partial charge in [-0.15, -0.1) is 0 Å². The molecule has 7 nitrogen and oxygen atoms in total. The third kappa shape index (κ3) is 6.17. The number of carbonyl (C=O) groups excluding carboxylic acids is 2. The maximum atomic E-state index is 12.0. The molecule has 1 amide bonds. The second-order valence-electron chi connectivity index (χ2n) is 4.60. The Morgan fingerprint density at radius 3 is 2.57 bits per heavy atom. The zero-order chi connectivity index (χ0) is 17.5. The van der Waals surface area contributed by atoms with Crippen molar-refractivity contribution in [3.63, 3.8) is 0 Å². The van der Waals surface area contributed by atoms with Gasteiger partial charge in [0.15, 0.2) is 6.10 Å². The van der Waals surface area contributed by atoms with Crippen LogP contribution < -0.4 is 10.0 Å². The quantitative estimate of drug-likeness (QED) is 0.674. The summed E-state index contributed by atoms with van der Waals surface area (Å²) in [7, 11) is -3.81. The molecule has 0 aromatic heterocycles. The lowest BCUT2D eigenvalue weighted by Crippen LogP contribution is -2.36. The van der Waals surface area contributed by atoms with Crippen LogP contribution in [0.15, 0.2) is 29.2 Å². The molecule has 0 unspecified atom stereocenters. The molecular weight excluding hydrogens is 344 g/mol. The molecule has 2 N–H and O–H groups in total. The van der Waals surface area contributed by atoms with Crippen molar-refractivity contribution in [3.8, 4) is 0 Å². The van der Waals surface area contributed by atoms with Crippen molar-refractivity contribution in [1.29, 1.82) is 0 Å². The minimum Gasteiger partial charge on any atom is -0.453 e. The number of halogens is 1. The first-order valence-corrected chi connectivity index (χ1v) is 8.85. The van der Waals surface area contributed by atoms with Crippen LogP contribution in [-0.2, 0) is 24.3 Å². The Labute approximate surface area is 140 Å². The van der Waals surface area contributed by atoms with E-state index < -0.39 is 28.0 Å². The summed E-state index contributed by atoms with van der Waals surface area (Å²) < 4.78 is 31.2. The molecular formula is C14H19ClN2O5S. The van der Waals surface area contributed by atoms with Crippen LogP contribution in [0.3, 0.4) is 0 Å². The molecule has 23 heavy (non-hydrogen) atoms. The minimum atomic E-state index is -3.81. The van der Waals surface area contributed by atoms with Gasteiger partial charge in [0.2, 0.25) is 10.0 Å². The number of nitrogens with one attached hydrogen (secondary N) is 2. The van der Waals surface area contributed by atoms with Gasteiger partial charge < -0.3 is 10.1 Å². The van der Waals surface area contributed by atoms with E-state index in [9.17, 15) is 18.0 Å². The Bertz CT molecular complexity index is 663. The topological polar surface area (TPSA) is 102 Å². The first kappa shape index (κ1) is 19.4. The second kappa shape index (κ2) is 8.85. The number of carbonyl (C=O) groups is 2. The molecule has 0 radical (unpaired) electrons. The van der Waals surface area contributed by atoms with Gasteiger partial charge in [0.25, 0.3) is 5.91 Å². The van der Waals surface area contributed by atoms with Crippen LogP contribution >= 0.6 is 11.6 Å². The van der Waals surface area contributed by atoms with E-state index in [-0.39, 0.29) is 22.9 Å². The fourth-order valence-electron chi connectivity index (χ4n) is 1.66. The molecule has 0 aliphatic heterocycles. The van der Waals surface area contributed by atoms with Crippen LogP contribution in [-0.4, -0.2) is 39.5 Å². The van der Waals surface area contributed by atoms with Gasteiger partial charge in [-0.05, 0) is 26.0 Å². The van der Waals surface area contributed by atoms with Crippen molar-refractivity contribution in [2.24, 2.45) is 0 Å². The van der Waals surface area contributed by atoms with Gasteiger partial charge in [-0.25, -0.2) is 13.1 Å². The van der Waals surface area contributed by atoms with Crippen LogP contribution in [0.1, 0.15) is 20.3 Å². The first-order chi connectivity index (χ1) is 10.8. The molecule has 0 fully saturated rings. The molecule has 0 aliphatic rings. The number of amides is 1. The number of rotatable bonds is 8. The van der Waals surface area contributed by atoms with Crippen molar-refractivity contribution >= 4 is 33.5 Å². The van der Waals surface area contributed by atoms with Crippen LogP contribution in [0, 0.1) is 0 Å². The van der Waals surface area contributed by atoms with E-state index in [0.29, 0.717) is 6.54 Å². The summed E-state index contributed by atoms with van der Waals surface area (Å²) in [4.78, 5) is 22.9. The van der Waals surface area contributed by atoms with E-state index in [0.717, 1.165) is 0 Å². The molecule has 128 valence electrons. The number of hydrogen-bond donors (Lipinski definition) is 2. The monoisotopic (exact) mass is 362 g/mol. The highest BCUT2D eigenvalue weighted by Gasteiger charge is 2.19. The Hall–Kier alpha value is -1.64. The Kier molecular flexibility index (Phi) is 7.47. The smallest absolute Gasteiger partial charge is 0.307 e. The zero-order valence-corrected chi connectivity index (χ0v) is 14.4. The maximum absolute atomic E-state index is 12.0. The Morgan fingerprint density at radius 1 is 1.30 bits per heavy atom. The Morgan fingerprint density at radius 2 is 1.96 bits per heavy atom. The third-order valence-electron chi connectivity index (χ3n) is 2.78. The summed E-state index contributed by atoms with van der Waals surface area (Å²) in [6, 6.07) is 5.97. The van der Waals surface area contributed by atoms with E-state index in [4.69, 9.17) is 16.3 Å². The summed E-state index contributed by atoms with van der Waals surface area (Å²) in [5, 5.41) is 2.61. The summed E-state index contributed by atoms with van der Waals surface area (Å²) in [6.07, 6.45) is -1.13. The molecule has 0 bridgehead atoms. The first-order valence-electron chi connectivity index (χ1n) is 6.99. The zero-order valence-electron chi connectivity index (χ0n) is 12.8. The standard InChI is InChI=1S/C14H19ClN2O5S/c1-3-16-14(19)10(2)22-13(18)8-9-17-23(20,21)12-7-5-4-6-11(12)15/h4-7,10,17H,3,8-9H2,1-2H3,(H,16,19)/t10-/m1/s1. The lowest BCUT2D eigenvalue weighted by atomic mass is 10.3. The number of esters is 1. The van der Waals surface area contributed by atoms with Gasteiger partial charge in [0.1, 0.15) is 4.90 Å². The SMILES string of the molecule is CCNC(=O)[C@@H](C)OC(=O)CCNS(=O)(=O)c1ccccc1Cl. The van der Waals surface area contributed by atoms with Crippen LogP contribution in [0.25, 0.3) is 0 Å². The van der Waals surface area contributed by atoms with Crippen molar-refractivity contribution < 1.29 is 22.7 Å². The van der Waals surface area contributed by atoms with Crippen molar-refractivity contribution in [3.05, 3.63) is 29.3 Å². The molecule has 0 heterocycles. The van der Waals surface area contributed by atoms with E-state index in [2.05, 4.69) is 10.0 Å². The Balaban J connectivity index is 2.49. The van der Waals surface area contributed by atoms with Crippen molar-refractivity contribution in [1.82, 2.24) is 10.0 Å². The van der Waals surface area contributed by atoms with E-state index >= 15 is 0 Å². The summed E-state index contributed by atoms with van der Waals surface area (Å²) >= 11 is 5.83. The average Bonchev–Trinajstić information content (AvgIpc) is 2.47. The van der Waals surface area contributed by atoms with Crippen LogP contribution in [0.2, 0.25) is 5.02 Å². The molecule has 1 rings (SSSR count). The van der Waals surface area contributed by atoms with Crippen molar-refractivity contribution in [2.75, 3.05) is 13.1 Å². The molecule has 0 aliphatic carbocycles. The molecule has 0 saturated heterocycles. The van der Waals surface area contributed by atoms with E-state index in [1.54, 1.807) is 19.1 Å². The van der Waals surface area contributed by atoms with Gasteiger partial charge in [-0.3, -0.25) is 9.59 Å². The van der Waals surface area contributed by atoms with Crippen LogP contribution in [0.4, 0.5) is 0 Å². The highest BCUT2D eigenvalue weighted by Crippen LogP contribution is 2.19. The number of likely N-dealkylation sites (N-methyl/N-ethyl adjacent to an activating group) is 1. The molecule has 9 heteroatoms. The predicted molar refractivity (Wildman–Crippen MR) is 85.5 cm³/mol. The highest BCUT2D eigenvalue weighted by atomic mass is 35.5. The largest absolute Gasteiger partial charge is 0.453 e. The minimum absolute atomic E-state index is 0.0641. The fourth-order valence-corrected chi connectivity index (χ4v) is 3.20. The summed E-state index contributed by atoms with van der Waals surface area (Å²) in [5.74, 6) is -1.08. The highest BCUT2D eigenvalue weighted by molar-refractivity contribution is 7.89. The summed E-state index contributed by atoms with van der Waals surface area (Å²) in [6.45, 7) is 3.46. The van der Waals surface area contributed by atoms with Gasteiger partial charge in [0.05, 0.1) is 11.4 Å². The third-order valence-corrected chi connectivity index (χ3v) is 4.74. The number of ether oxygens (including phenoxy) is 1. The van der Waals surface area contributed by atoms with Gasteiger partial charge >= 0.3 is 5.97 Å². The lowest BCUT2D eigenvalue weighted by molar-refractivity contribution is -0.154.